The van der Waals surface area contributed by atoms with Gasteiger partial charge in [0.05, 0.1) is 11.4 Å². The molecule has 1 atom stereocenters. The molecule has 2 aromatic carbocycles. The molecule has 0 aromatic heterocycles. The number of para-hydroxylation sites is 1. The summed E-state index contributed by atoms with van der Waals surface area (Å²) in [6, 6.07) is 12.5. The Hall–Kier alpha value is -2.99. The van der Waals surface area contributed by atoms with Crippen LogP contribution in [0.4, 0.5) is 11.4 Å². The molecule has 1 saturated carbocycles. The third-order valence-electron chi connectivity index (χ3n) is 5.19. The minimum absolute atomic E-state index is 0.143. The molecular formula is C20H21N5O. The number of nitrogens with one attached hydrogen (secondary N) is 3. The van der Waals surface area contributed by atoms with Crippen molar-refractivity contribution in [3.8, 4) is 11.1 Å². The van der Waals surface area contributed by atoms with Gasteiger partial charge in [-0.1, -0.05) is 24.3 Å². The van der Waals surface area contributed by atoms with Crippen LogP contribution in [0.5, 0.6) is 0 Å². The van der Waals surface area contributed by atoms with Gasteiger partial charge in [0, 0.05) is 17.7 Å². The molecule has 6 nitrogen and oxygen atoms in total. The Morgan fingerprint density at radius 3 is 2.92 bits per heavy atom. The SMILES string of the molecule is NN1CNc2c(-c3ccc4c(c3)=CNC(NC(=O)C3CC3)C=4)cccc21. The Labute approximate surface area is 151 Å². The van der Waals surface area contributed by atoms with Crippen LogP contribution < -0.4 is 37.2 Å². The first-order valence-electron chi connectivity index (χ1n) is 8.97. The van der Waals surface area contributed by atoms with E-state index in [0.29, 0.717) is 6.67 Å². The smallest absolute Gasteiger partial charge is 0.224 e. The fourth-order valence-corrected chi connectivity index (χ4v) is 3.58. The topological polar surface area (TPSA) is 82.4 Å². The van der Waals surface area contributed by atoms with E-state index in [9.17, 15) is 4.79 Å². The molecular weight excluding hydrogens is 326 g/mol. The number of rotatable bonds is 3. The number of hydrogen-bond donors (Lipinski definition) is 4. The van der Waals surface area contributed by atoms with Gasteiger partial charge < -0.3 is 16.0 Å². The Kier molecular flexibility index (Phi) is 3.39. The summed E-state index contributed by atoms with van der Waals surface area (Å²) in [4.78, 5) is 12.0. The molecule has 0 radical (unpaired) electrons. The normalized spacial score (nSPS) is 20.0. The lowest BCUT2D eigenvalue weighted by Gasteiger charge is -2.19. The lowest BCUT2D eigenvalue weighted by Crippen LogP contribution is -2.48. The summed E-state index contributed by atoms with van der Waals surface area (Å²) in [5.74, 6) is 6.35. The first-order valence-corrected chi connectivity index (χ1v) is 8.97. The largest absolute Gasteiger partial charge is 0.368 e. The van der Waals surface area contributed by atoms with E-state index < -0.39 is 0 Å². The van der Waals surface area contributed by atoms with Crippen LogP contribution in [0.15, 0.2) is 36.4 Å². The molecule has 1 unspecified atom stereocenters. The van der Waals surface area contributed by atoms with Gasteiger partial charge in [-0.3, -0.25) is 9.80 Å². The van der Waals surface area contributed by atoms with Crippen molar-refractivity contribution in [2.75, 3.05) is 17.0 Å². The second kappa shape index (κ2) is 5.78. The van der Waals surface area contributed by atoms with Crippen LogP contribution in [0, 0.1) is 5.92 Å². The van der Waals surface area contributed by atoms with Gasteiger partial charge in [-0.15, -0.1) is 0 Å². The summed E-state index contributed by atoms with van der Waals surface area (Å²) in [6.07, 6.45) is 5.92. The van der Waals surface area contributed by atoms with Gasteiger partial charge >= 0.3 is 0 Å². The highest BCUT2D eigenvalue weighted by Crippen LogP contribution is 2.37. The maximum Gasteiger partial charge on any atom is 0.224 e. The quantitative estimate of drug-likeness (QED) is 0.604. The van der Waals surface area contributed by atoms with Crippen molar-refractivity contribution in [2.45, 2.75) is 19.0 Å². The molecule has 2 heterocycles. The molecule has 0 spiro atoms. The third-order valence-corrected chi connectivity index (χ3v) is 5.19. The predicted molar refractivity (Wildman–Crippen MR) is 103 cm³/mol. The molecule has 0 bridgehead atoms. The Balaban J connectivity index is 1.47. The van der Waals surface area contributed by atoms with Crippen molar-refractivity contribution in [1.82, 2.24) is 10.6 Å². The van der Waals surface area contributed by atoms with Crippen LogP contribution >= 0.6 is 0 Å². The molecule has 0 saturated heterocycles. The highest BCUT2D eigenvalue weighted by molar-refractivity contribution is 5.90. The van der Waals surface area contributed by atoms with Gasteiger partial charge in [0.2, 0.25) is 5.91 Å². The van der Waals surface area contributed by atoms with Gasteiger partial charge in [-0.2, -0.15) is 0 Å². The number of hydrogen-bond acceptors (Lipinski definition) is 5. The summed E-state index contributed by atoms with van der Waals surface area (Å²) in [5, 5.41) is 13.6. The van der Waals surface area contributed by atoms with Gasteiger partial charge in [0.1, 0.15) is 12.8 Å². The third kappa shape index (κ3) is 2.59. The zero-order chi connectivity index (χ0) is 17.7. The first-order chi connectivity index (χ1) is 12.7. The number of nitrogens with two attached hydrogens (primary N) is 1. The second-order valence-electron chi connectivity index (χ2n) is 7.09. The van der Waals surface area contributed by atoms with E-state index in [1.165, 1.54) is 0 Å². The number of fused-ring (bicyclic) bond motifs is 2. The van der Waals surface area contributed by atoms with E-state index in [0.717, 1.165) is 45.8 Å². The van der Waals surface area contributed by atoms with E-state index in [1.807, 2.05) is 18.3 Å². The van der Waals surface area contributed by atoms with Gasteiger partial charge in [-0.05, 0) is 47.1 Å². The average molecular weight is 347 g/mol. The van der Waals surface area contributed by atoms with E-state index in [4.69, 9.17) is 5.84 Å². The van der Waals surface area contributed by atoms with Crippen molar-refractivity contribution in [1.29, 1.82) is 0 Å². The maximum atomic E-state index is 12.0. The summed E-state index contributed by atoms with van der Waals surface area (Å²) in [6.45, 7) is 0.612. The molecule has 132 valence electrons. The van der Waals surface area contributed by atoms with Crippen LogP contribution in [-0.4, -0.2) is 18.7 Å². The van der Waals surface area contributed by atoms with E-state index in [-0.39, 0.29) is 18.0 Å². The van der Waals surface area contributed by atoms with Crippen molar-refractivity contribution >= 4 is 29.6 Å². The number of carbonyl (C=O) groups is 1. The number of benzene rings is 2. The van der Waals surface area contributed by atoms with Crippen LogP contribution in [-0.2, 0) is 4.79 Å². The fourth-order valence-electron chi connectivity index (χ4n) is 3.58. The summed E-state index contributed by atoms with van der Waals surface area (Å²) in [7, 11) is 0. The summed E-state index contributed by atoms with van der Waals surface area (Å²) in [5.41, 5.74) is 4.35. The first kappa shape index (κ1) is 15.3. The molecule has 3 aliphatic rings. The maximum absolute atomic E-state index is 12.0. The van der Waals surface area contributed by atoms with Crippen LogP contribution in [0.3, 0.4) is 0 Å². The lowest BCUT2D eigenvalue weighted by atomic mass is 10.0. The molecule has 1 fully saturated rings. The number of nitrogens with zero attached hydrogens (tertiary/aromatic N) is 1. The van der Waals surface area contributed by atoms with Gasteiger partial charge in [0.15, 0.2) is 0 Å². The molecule has 5 rings (SSSR count). The van der Waals surface area contributed by atoms with Crippen LogP contribution in [0.25, 0.3) is 23.4 Å². The molecule has 1 aliphatic carbocycles. The average Bonchev–Trinajstić information content (AvgIpc) is 3.45. The lowest BCUT2D eigenvalue weighted by molar-refractivity contribution is -0.122. The minimum Gasteiger partial charge on any atom is -0.368 e. The highest BCUT2D eigenvalue weighted by Gasteiger charge is 2.30. The van der Waals surface area contributed by atoms with Crippen LogP contribution in [0.1, 0.15) is 12.8 Å². The molecule has 6 heteroatoms. The molecule has 5 N–H and O–H groups in total. The zero-order valence-corrected chi connectivity index (χ0v) is 14.3. The van der Waals surface area contributed by atoms with Crippen molar-refractivity contribution < 1.29 is 4.79 Å². The van der Waals surface area contributed by atoms with Gasteiger partial charge in [0.25, 0.3) is 0 Å². The molecule has 2 aliphatic heterocycles. The van der Waals surface area contributed by atoms with Gasteiger partial charge in [-0.25, -0.2) is 5.84 Å². The number of carbonyl (C=O) groups excluding carboxylic acids is 1. The van der Waals surface area contributed by atoms with E-state index in [1.54, 1.807) is 5.01 Å². The fraction of sp³-hybridized carbons (Fsp3) is 0.250. The summed E-state index contributed by atoms with van der Waals surface area (Å²) >= 11 is 0. The standard InChI is InChI=1S/C20H21N5O/c21-25-11-23-19-16(2-1-3-17(19)25)14-7-6-13-9-18(22-10-15(13)8-14)24-20(26)12-4-5-12/h1-3,6-10,12,18,22-23H,4-5,11,21H2,(H,24,26). The van der Waals surface area contributed by atoms with Crippen molar-refractivity contribution in [3.05, 3.63) is 46.8 Å². The molecule has 26 heavy (non-hydrogen) atoms. The van der Waals surface area contributed by atoms with Crippen LogP contribution in [0.2, 0.25) is 0 Å². The Morgan fingerprint density at radius 1 is 1.19 bits per heavy atom. The Bertz CT molecular complexity index is 1010. The number of anilines is 2. The van der Waals surface area contributed by atoms with Crippen molar-refractivity contribution in [2.24, 2.45) is 11.8 Å². The van der Waals surface area contributed by atoms with E-state index >= 15 is 0 Å². The number of amides is 1. The number of hydrazine groups is 1. The summed E-state index contributed by atoms with van der Waals surface area (Å²) < 4.78 is 0. The Morgan fingerprint density at radius 2 is 2.08 bits per heavy atom. The van der Waals surface area contributed by atoms with E-state index in [2.05, 4.69) is 46.3 Å². The molecule has 1 amide bonds. The van der Waals surface area contributed by atoms with Crippen molar-refractivity contribution in [3.63, 3.8) is 0 Å². The monoisotopic (exact) mass is 347 g/mol. The second-order valence-corrected chi connectivity index (χ2v) is 7.09. The zero-order valence-electron chi connectivity index (χ0n) is 14.3. The molecule has 2 aromatic rings. The highest BCUT2D eigenvalue weighted by atomic mass is 16.2. The predicted octanol–water partition coefficient (Wildman–Crippen LogP) is 0.391. The minimum atomic E-state index is -0.144.